The first-order valence-corrected chi connectivity index (χ1v) is 11.9. The number of hydrogen-bond acceptors (Lipinski definition) is 7. The fraction of sp³-hybridized carbons (Fsp3) is 0.333. The van der Waals surface area contributed by atoms with Crippen molar-refractivity contribution in [3.05, 3.63) is 78.3 Å². The van der Waals surface area contributed by atoms with E-state index in [0.29, 0.717) is 5.75 Å². The second-order valence-corrected chi connectivity index (χ2v) is 8.50. The van der Waals surface area contributed by atoms with E-state index in [1.54, 1.807) is 20.5 Å². The van der Waals surface area contributed by atoms with E-state index < -0.39 is 11.8 Å². The van der Waals surface area contributed by atoms with Crippen LogP contribution >= 0.6 is 0 Å². The van der Waals surface area contributed by atoms with Gasteiger partial charge in [0.25, 0.3) is 0 Å². The lowest BCUT2D eigenvalue weighted by Gasteiger charge is -2.39. The van der Waals surface area contributed by atoms with E-state index in [1.807, 2.05) is 48.5 Å². The van der Waals surface area contributed by atoms with E-state index in [1.165, 1.54) is 0 Å². The van der Waals surface area contributed by atoms with Crippen molar-refractivity contribution in [3.8, 4) is 11.5 Å². The van der Waals surface area contributed by atoms with E-state index in [-0.39, 0.29) is 19.1 Å². The average Bonchev–Trinajstić information content (AvgIpc) is 3.47. The molecule has 2 N–H and O–H groups in total. The summed E-state index contributed by atoms with van der Waals surface area (Å²) < 4.78 is 16.1. The number of piperazine rings is 1. The predicted octanol–water partition coefficient (Wildman–Crippen LogP) is 2.59. The van der Waals surface area contributed by atoms with Crippen LogP contribution in [0.4, 0.5) is 5.69 Å². The highest BCUT2D eigenvalue weighted by molar-refractivity contribution is 6.35. The maximum Gasteiger partial charge on any atom is 0.309 e. The molecule has 190 valence electrons. The lowest BCUT2D eigenvalue weighted by Crippen LogP contribution is -2.50. The summed E-state index contributed by atoms with van der Waals surface area (Å²) >= 11 is 0. The molecule has 0 bridgehead atoms. The number of carbonyl (C=O) groups is 2. The van der Waals surface area contributed by atoms with Crippen LogP contribution in [0, 0.1) is 0 Å². The highest BCUT2D eigenvalue weighted by Gasteiger charge is 2.28. The summed E-state index contributed by atoms with van der Waals surface area (Å²) in [4.78, 5) is 29.5. The SMILES string of the molecule is COc1ccc(N2CCN(C(CNC(=O)C(=O)NCc3cccc(OC)c3)c3ccco3)CC2)cc1. The molecule has 1 unspecified atom stereocenters. The molecular formula is C27H32N4O5. The van der Waals surface area contributed by atoms with Gasteiger partial charge >= 0.3 is 11.8 Å². The number of methoxy groups -OCH3 is 2. The van der Waals surface area contributed by atoms with E-state index >= 15 is 0 Å². The minimum atomic E-state index is -0.680. The summed E-state index contributed by atoms with van der Waals surface area (Å²) in [6.07, 6.45) is 1.62. The topological polar surface area (TPSA) is 96.3 Å². The number of hydrogen-bond donors (Lipinski definition) is 2. The summed E-state index contributed by atoms with van der Waals surface area (Å²) in [5.41, 5.74) is 1.99. The molecule has 1 aliphatic heterocycles. The summed E-state index contributed by atoms with van der Waals surface area (Å²) in [6, 6.07) is 18.9. The molecular weight excluding hydrogens is 460 g/mol. The molecule has 2 heterocycles. The molecule has 1 saturated heterocycles. The molecule has 9 heteroatoms. The molecule has 3 aromatic rings. The zero-order chi connectivity index (χ0) is 25.3. The Hall–Kier alpha value is -3.98. The zero-order valence-corrected chi connectivity index (χ0v) is 20.6. The monoisotopic (exact) mass is 492 g/mol. The first kappa shape index (κ1) is 25.1. The van der Waals surface area contributed by atoms with Crippen LogP contribution in [0.1, 0.15) is 17.4 Å². The highest BCUT2D eigenvalue weighted by Crippen LogP contribution is 2.25. The van der Waals surface area contributed by atoms with Crippen molar-refractivity contribution in [1.29, 1.82) is 0 Å². The number of furan rings is 1. The third-order valence-corrected chi connectivity index (χ3v) is 6.31. The van der Waals surface area contributed by atoms with Gasteiger partial charge in [-0.2, -0.15) is 0 Å². The Labute approximate surface area is 211 Å². The molecule has 1 aliphatic rings. The average molecular weight is 493 g/mol. The number of benzene rings is 2. The quantitative estimate of drug-likeness (QED) is 0.443. The lowest BCUT2D eigenvalue weighted by molar-refractivity contribution is -0.139. The molecule has 2 amide bonds. The second-order valence-electron chi connectivity index (χ2n) is 8.50. The highest BCUT2D eigenvalue weighted by atomic mass is 16.5. The number of ether oxygens (including phenoxy) is 2. The van der Waals surface area contributed by atoms with Gasteiger partial charge in [-0.25, -0.2) is 0 Å². The van der Waals surface area contributed by atoms with Gasteiger partial charge in [-0.05, 0) is 54.1 Å². The van der Waals surface area contributed by atoms with Gasteiger partial charge in [0, 0.05) is 45.0 Å². The van der Waals surface area contributed by atoms with Crippen molar-refractivity contribution in [2.75, 3.05) is 51.8 Å². The Balaban J connectivity index is 1.31. The summed E-state index contributed by atoms with van der Waals surface area (Å²) in [6.45, 7) is 3.74. The molecule has 1 atom stereocenters. The number of nitrogens with one attached hydrogen (secondary N) is 2. The molecule has 1 fully saturated rings. The standard InChI is InChI=1S/C27H32N4O5/c1-34-22-10-8-21(9-11-22)30-12-14-31(15-13-30)24(25-7-4-16-36-25)19-29-27(33)26(32)28-18-20-5-3-6-23(17-20)35-2/h3-11,16-17,24H,12-15,18-19H2,1-2H3,(H,28,32)(H,29,33). The maximum atomic E-state index is 12.5. The van der Waals surface area contributed by atoms with E-state index in [0.717, 1.165) is 48.9 Å². The Bertz CT molecular complexity index is 1130. The molecule has 0 saturated carbocycles. The van der Waals surface area contributed by atoms with Crippen molar-refractivity contribution in [3.63, 3.8) is 0 Å². The van der Waals surface area contributed by atoms with Crippen LogP contribution in [-0.4, -0.2) is 63.7 Å². The molecule has 1 aromatic heterocycles. The fourth-order valence-electron chi connectivity index (χ4n) is 4.29. The van der Waals surface area contributed by atoms with Gasteiger partial charge in [0.2, 0.25) is 0 Å². The number of amides is 2. The van der Waals surface area contributed by atoms with Crippen LogP contribution < -0.4 is 25.0 Å². The molecule has 36 heavy (non-hydrogen) atoms. The van der Waals surface area contributed by atoms with E-state index in [4.69, 9.17) is 13.9 Å². The van der Waals surface area contributed by atoms with Crippen LogP contribution in [0.3, 0.4) is 0 Å². The fourth-order valence-corrected chi connectivity index (χ4v) is 4.29. The van der Waals surface area contributed by atoms with Crippen molar-refractivity contribution < 1.29 is 23.5 Å². The Morgan fingerprint density at radius 2 is 1.61 bits per heavy atom. The minimum absolute atomic E-state index is 0.173. The van der Waals surface area contributed by atoms with Crippen LogP contribution in [-0.2, 0) is 16.1 Å². The summed E-state index contributed by atoms with van der Waals surface area (Å²) in [5.74, 6) is 0.926. The number of nitrogens with zero attached hydrogens (tertiary/aromatic N) is 2. The minimum Gasteiger partial charge on any atom is -0.497 e. The van der Waals surface area contributed by atoms with E-state index in [9.17, 15) is 9.59 Å². The van der Waals surface area contributed by atoms with Crippen molar-refractivity contribution in [1.82, 2.24) is 15.5 Å². The van der Waals surface area contributed by atoms with Gasteiger partial charge in [-0.1, -0.05) is 12.1 Å². The molecule has 0 aliphatic carbocycles. The van der Waals surface area contributed by atoms with Crippen LogP contribution in [0.15, 0.2) is 71.3 Å². The van der Waals surface area contributed by atoms with Crippen LogP contribution in [0.5, 0.6) is 11.5 Å². The number of rotatable bonds is 9. The normalized spacial score (nSPS) is 14.7. The largest absolute Gasteiger partial charge is 0.497 e. The Kier molecular flexibility index (Phi) is 8.46. The first-order valence-electron chi connectivity index (χ1n) is 11.9. The Morgan fingerprint density at radius 1 is 0.889 bits per heavy atom. The van der Waals surface area contributed by atoms with Crippen molar-refractivity contribution in [2.24, 2.45) is 0 Å². The van der Waals surface area contributed by atoms with Crippen LogP contribution in [0.2, 0.25) is 0 Å². The van der Waals surface area contributed by atoms with Gasteiger partial charge in [-0.3, -0.25) is 14.5 Å². The molecule has 0 spiro atoms. The van der Waals surface area contributed by atoms with Crippen molar-refractivity contribution in [2.45, 2.75) is 12.6 Å². The summed E-state index contributed by atoms with van der Waals surface area (Å²) in [5, 5.41) is 5.44. The smallest absolute Gasteiger partial charge is 0.309 e. The first-order chi connectivity index (χ1) is 17.6. The number of anilines is 1. The summed E-state index contributed by atoms with van der Waals surface area (Å²) in [7, 11) is 3.24. The molecule has 9 nitrogen and oxygen atoms in total. The van der Waals surface area contributed by atoms with Gasteiger partial charge < -0.3 is 29.4 Å². The molecule has 4 rings (SSSR count). The second kappa shape index (κ2) is 12.1. The van der Waals surface area contributed by atoms with Crippen LogP contribution in [0.25, 0.3) is 0 Å². The van der Waals surface area contributed by atoms with Gasteiger partial charge in [0.05, 0.1) is 26.5 Å². The molecule has 0 radical (unpaired) electrons. The zero-order valence-electron chi connectivity index (χ0n) is 20.6. The third kappa shape index (κ3) is 6.37. The van der Waals surface area contributed by atoms with Crippen molar-refractivity contribution >= 4 is 17.5 Å². The third-order valence-electron chi connectivity index (χ3n) is 6.31. The lowest BCUT2D eigenvalue weighted by atomic mass is 10.1. The predicted molar refractivity (Wildman–Crippen MR) is 136 cm³/mol. The van der Waals surface area contributed by atoms with Gasteiger partial charge in [-0.15, -0.1) is 0 Å². The molecule has 2 aromatic carbocycles. The van der Waals surface area contributed by atoms with Gasteiger partial charge in [0.1, 0.15) is 17.3 Å². The van der Waals surface area contributed by atoms with E-state index in [2.05, 4.69) is 32.6 Å². The maximum absolute atomic E-state index is 12.5. The Morgan fingerprint density at radius 3 is 2.28 bits per heavy atom. The van der Waals surface area contributed by atoms with Gasteiger partial charge in [0.15, 0.2) is 0 Å². The number of carbonyl (C=O) groups excluding carboxylic acids is 2.